The van der Waals surface area contributed by atoms with Gasteiger partial charge in [-0.1, -0.05) is 0 Å². The van der Waals surface area contributed by atoms with Crippen molar-refractivity contribution < 1.29 is 4.74 Å². The molecule has 0 spiro atoms. The summed E-state index contributed by atoms with van der Waals surface area (Å²) in [6, 6.07) is 0.339. The van der Waals surface area contributed by atoms with Gasteiger partial charge >= 0.3 is 0 Å². The highest BCUT2D eigenvalue weighted by molar-refractivity contribution is 4.83. The molecular weight excluding hydrogens is 180 g/mol. The molecule has 0 aliphatic rings. The zero-order valence-electron chi connectivity index (χ0n) is 9.03. The Morgan fingerprint density at radius 2 is 2.43 bits per heavy atom. The molecule has 0 amide bonds. The molecule has 14 heavy (non-hydrogen) atoms. The first-order chi connectivity index (χ1) is 6.74. The average molecular weight is 198 g/mol. The summed E-state index contributed by atoms with van der Waals surface area (Å²) in [5, 5.41) is 11.1. The summed E-state index contributed by atoms with van der Waals surface area (Å²) < 4.78 is 7.19. The van der Waals surface area contributed by atoms with E-state index < -0.39 is 0 Å². The lowest BCUT2D eigenvalue weighted by Crippen LogP contribution is -2.31. The number of hydrogen-bond donors (Lipinski definition) is 1. The van der Waals surface area contributed by atoms with Crippen molar-refractivity contribution >= 4 is 0 Å². The van der Waals surface area contributed by atoms with Gasteiger partial charge in [0.25, 0.3) is 0 Å². The fourth-order valence-electron chi connectivity index (χ4n) is 1.09. The van der Waals surface area contributed by atoms with Gasteiger partial charge in [0.05, 0.1) is 13.2 Å². The van der Waals surface area contributed by atoms with Crippen LogP contribution in [-0.4, -0.2) is 34.0 Å². The molecule has 0 radical (unpaired) electrons. The van der Waals surface area contributed by atoms with Gasteiger partial charge in [-0.2, -0.15) is 0 Å². The summed E-state index contributed by atoms with van der Waals surface area (Å²) in [6.07, 6.45) is 1.70. The maximum atomic E-state index is 5.29. The van der Waals surface area contributed by atoms with Gasteiger partial charge < -0.3 is 14.6 Å². The van der Waals surface area contributed by atoms with Crippen LogP contribution in [0.4, 0.5) is 0 Å². The monoisotopic (exact) mass is 198 g/mol. The average Bonchev–Trinajstić information content (AvgIpc) is 2.58. The van der Waals surface area contributed by atoms with Gasteiger partial charge in [-0.25, -0.2) is 0 Å². The Morgan fingerprint density at radius 3 is 3.00 bits per heavy atom. The third-order valence-corrected chi connectivity index (χ3v) is 1.99. The second kappa shape index (κ2) is 5.72. The summed E-state index contributed by atoms with van der Waals surface area (Å²) in [5.74, 6) is 0.938. The van der Waals surface area contributed by atoms with E-state index in [0.29, 0.717) is 6.04 Å². The van der Waals surface area contributed by atoms with Crippen LogP contribution in [0, 0.1) is 0 Å². The van der Waals surface area contributed by atoms with Crippen LogP contribution >= 0.6 is 0 Å². The minimum absolute atomic E-state index is 0.339. The van der Waals surface area contributed by atoms with Crippen molar-refractivity contribution in [2.45, 2.75) is 26.4 Å². The standard InChI is InChI=1S/C9H18N4O/c1-4-14-6-8(2)10-5-9-12-11-7-13(9)3/h7-8,10H,4-6H2,1-3H3. The third kappa shape index (κ3) is 3.43. The second-order valence-electron chi connectivity index (χ2n) is 3.30. The zero-order valence-corrected chi connectivity index (χ0v) is 9.03. The highest BCUT2D eigenvalue weighted by Crippen LogP contribution is 1.92. The van der Waals surface area contributed by atoms with E-state index in [1.807, 2.05) is 18.5 Å². The molecule has 1 heterocycles. The third-order valence-electron chi connectivity index (χ3n) is 1.99. The van der Waals surface area contributed by atoms with E-state index in [0.717, 1.165) is 25.6 Å². The molecule has 1 rings (SSSR count). The van der Waals surface area contributed by atoms with Crippen molar-refractivity contribution in [3.8, 4) is 0 Å². The Kier molecular flexibility index (Phi) is 4.55. The Bertz CT molecular complexity index is 261. The second-order valence-corrected chi connectivity index (χ2v) is 3.30. The molecular formula is C9H18N4O. The number of rotatable bonds is 6. The first-order valence-corrected chi connectivity index (χ1v) is 4.88. The Balaban J connectivity index is 2.23. The van der Waals surface area contributed by atoms with Gasteiger partial charge in [-0.15, -0.1) is 10.2 Å². The largest absolute Gasteiger partial charge is 0.380 e. The molecule has 1 atom stereocenters. The molecule has 0 saturated carbocycles. The molecule has 1 aromatic rings. The van der Waals surface area contributed by atoms with Crippen molar-refractivity contribution in [2.75, 3.05) is 13.2 Å². The maximum Gasteiger partial charge on any atom is 0.146 e. The smallest absolute Gasteiger partial charge is 0.146 e. The SMILES string of the molecule is CCOCC(C)NCc1nncn1C. The molecule has 5 nitrogen and oxygen atoms in total. The number of nitrogens with one attached hydrogen (secondary N) is 1. The van der Waals surface area contributed by atoms with Crippen molar-refractivity contribution in [3.63, 3.8) is 0 Å². The van der Waals surface area contributed by atoms with Crippen LogP contribution in [0.3, 0.4) is 0 Å². The Hall–Kier alpha value is -0.940. The van der Waals surface area contributed by atoms with Crippen LogP contribution < -0.4 is 5.32 Å². The fourth-order valence-corrected chi connectivity index (χ4v) is 1.09. The van der Waals surface area contributed by atoms with Crippen molar-refractivity contribution in [1.29, 1.82) is 0 Å². The van der Waals surface area contributed by atoms with Crippen LogP contribution in [0.2, 0.25) is 0 Å². The first-order valence-electron chi connectivity index (χ1n) is 4.88. The normalized spacial score (nSPS) is 13.1. The van der Waals surface area contributed by atoms with Crippen LogP contribution in [-0.2, 0) is 18.3 Å². The quantitative estimate of drug-likeness (QED) is 0.715. The molecule has 0 saturated heterocycles. The Morgan fingerprint density at radius 1 is 1.64 bits per heavy atom. The van der Waals surface area contributed by atoms with E-state index in [-0.39, 0.29) is 0 Å². The number of aromatic nitrogens is 3. The van der Waals surface area contributed by atoms with E-state index in [1.54, 1.807) is 6.33 Å². The van der Waals surface area contributed by atoms with E-state index >= 15 is 0 Å². The lowest BCUT2D eigenvalue weighted by atomic mass is 10.3. The maximum absolute atomic E-state index is 5.29. The molecule has 0 bridgehead atoms. The number of hydrogen-bond acceptors (Lipinski definition) is 4. The first kappa shape index (κ1) is 11.1. The van der Waals surface area contributed by atoms with E-state index in [1.165, 1.54) is 0 Å². The van der Waals surface area contributed by atoms with Gasteiger partial charge in [-0.05, 0) is 13.8 Å². The summed E-state index contributed by atoms with van der Waals surface area (Å²) in [7, 11) is 1.93. The summed E-state index contributed by atoms with van der Waals surface area (Å²) in [5.41, 5.74) is 0. The summed E-state index contributed by atoms with van der Waals surface area (Å²) in [6.45, 7) is 6.30. The lowest BCUT2D eigenvalue weighted by Gasteiger charge is -2.12. The number of aryl methyl sites for hydroxylation is 1. The van der Waals surface area contributed by atoms with Gasteiger partial charge in [-0.3, -0.25) is 0 Å². The molecule has 5 heteroatoms. The van der Waals surface area contributed by atoms with E-state index in [2.05, 4.69) is 22.4 Å². The topological polar surface area (TPSA) is 52.0 Å². The number of nitrogens with zero attached hydrogens (tertiary/aromatic N) is 3. The Labute approximate surface area is 84.5 Å². The van der Waals surface area contributed by atoms with E-state index in [4.69, 9.17) is 4.74 Å². The molecule has 1 N–H and O–H groups in total. The summed E-state index contributed by atoms with van der Waals surface area (Å²) >= 11 is 0. The number of ether oxygens (including phenoxy) is 1. The van der Waals surface area contributed by atoms with E-state index in [9.17, 15) is 0 Å². The fraction of sp³-hybridized carbons (Fsp3) is 0.778. The zero-order chi connectivity index (χ0) is 10.4. The highest BCUT2D eigenvalue weighted by atomic mass is 16.5. The summed E-state index contributed by atoms with van der Waals surface area (Å²) in [4.78, 5) is 0. The van der Waals surface area contributed by atoms with Crippen molar-refractivity contribution in [3.05, 3.63) is 12.2 Å². The van der Waals surface area contributed by atoms with Crippen LogP contribution in [0.1, 0.15) is 19.7 Å². The van der Waals surface area contributed by atoms with Gasteiger partial charge in [0.15, 0.2) is 0 Å². The molecule has 0 aromatic carbocycles. The molecule has 1 aromatic heterocycles. The van der Waals surface area contributed by atoms with Crippen molar-refractivity contribution in [2.24, 2.45) is 7.05 Å². The van der Waals surface area contributed by atoms with Crippen LogP contribution in [0.25, 0.3) is 0 Å². The lowest BCUT2D eigenvalue weighted by molar-refractivity contribution is 0.126. The van der Waals surface area contributed by atoms with Gasteiger partial charge in [0, 0.05) is 19.7 Å². The highest BCUT2D eigenvalue weighted by Gasteiger charge is 2.04. The predicted octanol–water partition coefficient (Wildman–Crippen LogP) is 0.330. The van der Waals surface area contributed by atoms with Gasteiger partial charge in [0.2, 0.25) is 0 Å². The molecule has 0 aliphatic heterocycles. The van der Waals surface area contributed by atoms with Crippen LogP contribution in [0.5, 0.6) is 0 Å². The van der Waals surface area contributed by atoms with Crippen molar-refractivity contribution in [1.82, 2.24) is 20.1 Å². The minimum atomic E-state index is 0.339. The predicted molar refractivity (Wildman–Crippen MR) is 53.8 cm³/mol. The molecule has 0 fully saturated rings. The van der Waals surface area contributed by atoms with Gasteiger partial charge in [0.1, 0.15) is 12.2 Å². The minimum Gasteiger partial charge on any atom is -0.380 e. The molecule has 0 aliphatic carbocycles. The molecule has 1 unspecified atom stereocenters. The molecule has 80 valence electrons. The van der Waals surface area contributed by atoms with Crippen LogP contribution in [0.15, 0.2) is 6.33 Å².